The molecule has 0 bridgehead atoms. The zero-order chi connectivity index (χ0) is 15.2. The molecule has 0 aromatic heterocycles. The van der Waals surface area contributed by atoms with Crippen LogP contribution in [0.4, 0.5) is 11.4 Å². The molecule has 2 rings (SSSR count). The van der Waals surface area contributed by atoms with Gasteiger partial charge in [0.1, 0.15) is 0 Å². The number of nitrogens with one attached hydrogen (secondary N) is 3. The second-order valence-corrected chi connectivity index (χ2v) is 5.50. The fourth-order valence-corrected chi connectivity index (χ4v) is 1.98. The van der Waals surface area contributed by atoms with Crippen molar-refractivity contribution in [2.75, 3.05) is 23.7 Å². The Labute approximate surface area is 125 Å². The van der Waals surface area contributed by atoms with E-state index in [1.165, 1.54) is 0 Å². The fraction of sp³-hybridized carbons (Fsp3) is 0.500. The van der Waals surface area contributed by atoms with Gasteiger partial charge in [0.2, 0.25) is 11.8 Å². The number of benzene rings is 1. The molecule has 114 valence electrons. The molecule has 0 unspecified atom stereocenters. The summed E-state index contributed by atoms with van der Waals surface area (Å²) in [6.07, 6.45) is 2.90. The topological polar surface area (TPSA) is 70.2 Å². The molecule has 1 saturated carbocycles. The van der Waals surface area contributed by atoms with Gasteiger partial charge in [0, 0.05) is 23.8 Å². The van der Waals surface area contributed by atoms with Crippen LogP contribution in [0.1, 0.15) is 31.7 Å². The van der Waals surface area contributed by atoms with Crippen molar-refractivity contribution in [3.8, 4) is 0 Å². The third-order valence-electron chi connectivity index (χ3n) is 3.46. The summed E-state index contributed by atoms with van der Waals surface area (Å²) >= 11 is 0. The van der Waals surface area contributed by atoms with Crippen molar-refractivity contribution in [1.82, 2.24) is 5.32 Å². The first-order chi connectivity index (χ1) is 10.1. The Kier molecular flexibility index (Phi) is 5.20. The van der Waals surface area contributed by atoms with E-state index in [2.05, 4.69) is 16.0 Å². The van der Waals surface area contributed by atoms with E-state index in [0.717, 1.165) is 36.2 Å². The molecule has 5 heteroatoms. The molecule has 1 aromatic carbocycles. The Morgan fingerprint density at radius 2 is 2.05 bits per heavy atom. The minimum absolute atomic E-state index is 0.0244. The molecule has 1 aliphatic carbocycles. The molecule has 0 spiro atoms. The van der Waals surface area contributed by atoms with Crippen molar-refractivity contribution in [3.63, 3.8) is 0 Å². The number of carbonyl (C=O) groups is 2. The van der Waals surface area contributed by atoms with Crippen molar-refractivity contribution < 1.29 is 9.59 Å². The minimum atomic E-state index is -0.0244. The van der Waals surface area contributed by atoms with Gasteiger partial charge in [0.15, 0.2) is 0 Å². The normalized spacial score (nSPS) is 13.6. The van der Waals surface area contributed by atoms with Gasteiger partial charge in [0.25, 0.3) is 0 Å². The molecule has 1 aliphatic rings. The van der Waals surface area contributed by atoms with Gasteiger partial charge in [-0.15, -0.1) is 0 Å². The standard InChI is InChI=1S/C16H23N3O2/c1-3-8-17-15(20)10-18-14-9-13(7-4-11(14)2)19-16(21)12-5-6-12/h4,7,9,12,18H,3,5-6,8,10H2,1-2H3,(H,17,20)(H,19,21). The van der Waals surface area contributed by atoms with Crippen molar-refractivity contribution in [2.45, 2.75) is 33.1 Å². The average Bonchev–Trinajstić information content (AvgIpc) is 3.30. The number of hydrogen-bond donors (Lipinski definition) is 3. The SMILES string of the molecule is CCCNC(=O)CNc1cc(NC(=O)C2CC2)ccc1C. The van der Waals surface area contributed by atoms with E-state index in [4.69, 9.17) is 0 Å². The van der Waals surface area contributed by atoms with E-state index in [-0.39, 0.29) is 24.3 Å². The maximum absolute atomic E-state index is 11.8. The Morgan fingerprint density at radius 1 is 1.29 bits per heavy atom. The number of rotatable bonds is 7. The molecule has 0 radical (unpaired) electrons. The maximum atomic E-state index is 11.8. The first-order valence-corrected chi connectivity index (χ1v) is 7.52. The van der Waals surface area contributed by atoms with E-state index in [1.54, 1.807) is 0 Å². The van der Waals surface area contributed by atoms with Gasteiger partial charge in [-0.1, -0.05) is 13.0 Å². The monoisotopic (exact) mass is 289 g/mol. The first-order valence-electron chi connectivity index (χ1n) is 7.52. The summed E-state index contributed by atoms with van der Waals surface area (Å²) in [4.78, 5) is 23.4. The van der Waals surface area contributed by atoms with Crippen LogP contribution in [0, 0.1) is 12.8 Å². The number of hydrogen-bond acceptors (Lipinski definition) is 3. The van der Waals surface area contributed by atoms with Gasteiger partial charge < -0.3 is 16.0 Å². The number of carbonyl (C=O) groups excluding carboxylic acids is 2. The highest BCUT2D eigenvalue weighted by Gasteiger charge is 2.29. The third-order valence-corrected chi connectivity index (χ3v) is 3.46. The maximum Gasteiger partial charge on any atom is 0.239 e. The quantitative estimate of drug-likeness (QED) is 0.721. The smallest absolute Gasteiger partial charge is 0.239 e. The van der Waals surface area contributed by atoms with Gasteiger partial charge >= 0.3 is 0 Å². The summed E-state index contributed by atoms with van der Waals surface area (Å²) in [5.41, 5.74) is 2.69. The molecule has 21 heavy (non-hydrogen) atoms. The lowest BCUT2D eigenvalue weighted by Crippen LogP contribution is -2.30. The lowest BCUT2D eigenvalue weighted by molar-refractivity contribution is -0.119. The van der Waals surface area contributed by atoms with Crippen LogP contribution in [0.5, 0.6) is 0 Å². The predicted octanol–water partition coefficient (Wildman–Crippen LogP) is 2.28. The van der Waals surface area contributed by atoms with Crippen LogP contribution in [-0.2, 0) is 9.59 Å². The van der Waals surface area contributed by atoms with Crippen LogP contribution in [0.3, 0.4) is 0 Å². The Balaban J connectivity index is 1.91. The van der Waals surface area contributed by atoms with E-state index in [9.17, 15) is 9.59 Å². The first kappa shape index (κ1) is 15.4. The van der Waals surface area contributed by atoms with Crippen LogP contribution in [0.2, 0.25) is 0 Å². The van der Waals surface area contributed by atoms with Crippen LogP contribution in [0.15, 0.2) is 18.2 Å². The highest BCUT2D eigenvalue weighted by molar-refractivity contribution is 5.94. The molecule has 1 aromatic rings. The molecule has 2 amide bonds. The van der Waals surface area contributed by atoms with Crippen molar-refractivity contribution in [3.05, 3.63) is 23.8 Å². The summed E-state index contributed by atoms with van der Waals surface area (Å²) in [5, 5.41) is 8.85. The molecule has 0 heterocycles. The van der Waals surface area contributed by atoms with Gasteiger partial charge in [-0.2, -0.15) is 0 Å². The number of amides is 2. The summed E-state index contributed by atoms with van der Waals surface area (Å²) < 4.78 is 0. The zero-order valence-electron chi connectivity index (χ0n) is 12.7. The molecule has 1 fully saturated rings. The zero-order valence-corrected chi connectivity index (χ0v) is 12.7. The van der Waals surface area contributed by atoms with Crippen LogP contribution in [-0.4, -0.2) is 24.9 Å². The van der Waals surface area contributed by atoms with Crippen LogP contribution >= 0.6 is 0 Å². The van der Waals surface area contributed by atoms with Gasteiger partial charge in [-0.3, -0.25) is 9.59 Å². The second-order valence-electron chi connectivity index (χ2n) is 5.50. The molecule has 0 aliphatic heterocycles. The predicted molar refractivity (Wildman–Crippen MR) is 84.3 cm³/mol. The number of anilines is 2. The van der Waals surface area contributed by atoms with E-state index in [0.29, 0.717) is 6.54 Å². The Hall–Kier alpha value is -2.04. The molecule has 5 nitrogen and oxygen atoms in total. The molecular formula is C16H23N3O2. The largest absolute Gasteiger partial charge is 0.376 e. The van der Waals surface area contributed by atoms with E-state index >= 15 is 0 Å². The van der Waals surface area contributed by atoms with Crippen molar-refractivity contribution in [2.24, 2.45) is 5.92 Å². The average molecular weight is 289 g/mol. The highest BCUT2D eigenvalue weighted by Crippen LogP contribution is 2.30. The highest BCUT2D eigenvalue weighted by atomic mass is 16.2. The summed E-state index contributed by atoms with van der Waals surface area (Å²) in [7, 11) is 0. The van der Waals surface area contributed by atoms with Crippen LogP contribution in [0.25, 0.3) is 0 Å². The summed E-state index contributed by atoms with van der Waals surface area (Å²) in [5.74, 6) is 0.247. The number of aryl methyl sites for hydroxylation is 1. The van der Waals surface area contributed by atoms with E-state index in [1.807, 2.05) is 32.0 Å². The lowest BCUT2D eigenvalue weighted by Gasteiger charge is -2.12. The summed E-state index contributed by atoms with van der Waals surface area (Å²) in [6, 6.07) is 5.70. The minimum Gasteiger partial charge on any atom is -0.376 e. The Morgan fingerprint density at radius 3 is 2.71 bits per heavy atom. The van der Waals surface area contributed by atoms with Gasteiger partial charge in [-0.25, -0.2) is 0 Å². The molecule has 0 atom stereocenters. The van der Waals surface area contributed by atoms with E-state index < -0.39 is 0 Å². The van der Waals surface area contributed by atoms with Crippen molar-refractivity contribution in [1.29, 1.82) is 0 Å². The summed E-state index contributed by atoms with van der Waals surface area (Å²) in [6.45, 7) is 4.92. The Bertz CT molecular complexity index is 524. The van der Waals surface area contributed by atoms with Gasteiger partial charge in [0.05, 0.1) is 6.54 Å². The lowest BCUT2D eigenvalue weighted by atomic mass is 10.1. The van der Waals surface area contributed by atoms with Gasteiger partial charge in [-0.05, 0) is 43.9 Å². The molecule has 3 N–H and O–H groups in total. The molecular weight excluding hydrogens is 266 g/mol. The second kappa shape index (κ2) is 7.11. The molecule has 0 saturated heterocycles. The van der Waals surface area contributed by atoms with Crippen molar-refractivity contribution >= 4 is 23.2 Å². The fourth-order valence-electron chi connectivity index (χ4n) is 1.98. The third kappa shape index (κ3) is 4.77. The van der Waals surface area contributed by atoms with Crippen LogP contribution < -0.4 is 16.0 Å².